The second-order valence-electron chi connectivity index (χ2n) is 8.65. The molecule has 1 aromatic heterocycles. The molecule has 2 bridgehead atoms. The number of rotatable bonds is 4. The van der Waals surface area contributed by atoms with Crippen molar-refractivity contribution in [3.63, 3.8) is 0 Å². The molecule has 4 atom stereocenters. The third-order valence-electron chi connectivity index (χ3n) is 6.95. The molecular weight excluding hydrogens is 422 g/mol. The fraction of sp³-hybridized carbons (Fsp3) is 0.476. The Hall–Kier alpha value is -2.15. The Morgan fingerprint density at radius 1 is 1.36 bits per heavy atom. The first-order valence-corrected chi connectivity index (χ1v) is 10.4. The summed E-state index contributed by atoms with van der Waals surface area (Å²) in [6.45, 7) is 7.02. The fourth-order valence-electron chi connectivity index (χ4n) is 5.03. The highest BCUT2D eigenvalue weighted by molar-refractivity contribution is 9.10. The number of carboxylic acids is 1. The van der Waals surface area contributed by atoms with Crippen LogP contribution in [0.15, 0.2) is 39.7 Å². The van der Waals surface area contributed by atoms with E-state index in [1.807, 2.05) is 0 Å². The number of hydrogen-bond acceptors (Lipinski definition) is 4. The molecular formula is C21H24BrN3O3. The predicted octanol–water partition coefficient (Wildman–Crippen LogP) is 4.18. The van der Waals surface area contributed by atoms with Gasteiger partial charge in [0.25, 0.3) is 5.56 Å². The summed E-state index contributed by atoms with van der Waals surface area (Å²) in [7, 11) is 0. The maximum Gasteiger partial charge on any atom is 0.335 e. The van der Waals surface area contributed by atoms with Gasteiger partial charge in [-0.2, -0.15) is 9.78 Å². The van der Waals surface area contributed by atoms with Gasteiger partial charge >= 0.3 is 5.97 Å². The van der Waals surface area contributed by atoms with Crippen LogP contribution in [-0.2, 0) is 0 Å². The molecule has 0 saturated heterocycles. The molecule has 0 unspecified atom stereocenters. The number of aromatic nitrogens is 2. The van der Waals surface area contributed by atoms with E-state index in [-0.39, 0.29) is 11.1 Å². The summed E-state index contributed by atoms with van der Waals surface area (Å²) in [5.41, 5.74) is 1.31. The lowest BCUT2D eigenvalue weighted by molar-refractivity contribution is -0.105. The molecule has 5 rings (SSSR count). The predicted molar refractivity (Wildman–Crippen MR) is 111 cm³/mol. The molecule has 0 amide bonds. The lowest BCUT2D eigenvalue weighted by Crippen LogP contribution is -2.58. The molecule has 0 aliphatic heterocycles. The van der Waals surface area contributed by atoms with Gasteiger partial charge < -0.3 is 10.4 Å². The molecule has 7 heteroatoms. The molecule has 3 saturated carbocycles. The molecule has 6 nitrogen and oxygen atoms in total. The first kappa shape index (κ1) is 19.2. The number of hydrogen-bond donors (Lipinski definition) is 2. The normalized spacial score (nSPS) is 27.7. The highest BCUT2D eigenvalue weighted by Gasteiger charge is 2.56. The minimum atomic E-state index is -1.04. The standard InChI is InChI=1S/C21H24BrN3O3/c1-11-15-8-13(21(15,2)3)9-16(11)24-17-10-23-25(19(26)18(17)22)14-6-4-5-12(7-14)20(27)28/h4-7,10-11,13,15-16,24H,8-9H2,1-3H3,(H,27,28)/t11-,13-,15+,16-/m1/s1. The van der Waals surface area contributed by atoms with Gasteiger partial charge in [-0.05, 0) is 70.1 Å². The monoisotopic (exact) mass is 445 g/mol. The average molecular weight is 446 g/mol. The Bertz CT molecular complexity index is 1000. The number of benzene rings is 1. The average Bonchev–Trinajstić information content (AvgIpc) is 2.66. The van der Waals surface area contributed by atoms with E-state index < -0.39 is 5.97 Å². The van der Waals surface area contributed by atoms with Gasteiger partial charge in [-0.3, -0.25) is 4.79 Å². The van der Waals surface area contributed by atoms with Crippen LogP contribution in [0.5, 0.6) is 0 Å². The number of carboxylic acid groups (broad SMARTS) is 1. The molecule has 0 spiro atoms. The van der Waals surface area contributed by atoms with Gasteiger partial charge in [-0.15, -0.1) is 0 Å². The number of halogens is 1. The third-order valence-corrected chi connectivity index (χ3v) is 7.72. The summed E-state index contributed by atoms with van der Waals surface area (Å²) in [6.07, 6.45) is 4.03. The van der Waals surface area contributed by atoms with Gasteiger partial charge in [0, 0.05) is 6.04 Å². The van der Waals surface area contributed by atoms with Crippen molar-refractivity contribution in [2.75, 3.05) is 5.32 Å². The molecule has 3 fully saturated rings. The maximum absolute atomic E-state index is 12.8. The van der Waals surface area contributed by atoms with E-state index in [2.05, 4.69) is 47.1 Å². The maximum atomic E-state index is 12.8. The first-order valence-electron chi connectivity index (χ1n) is 9.58. The van der Waals surface area contributed by atoms with Crippen molar-refractivity contribution in [3.8, 4) is 5.69 Å². The Morgan fingerprint density at radius 2 is 2.11 bits per heavy atom. The van der Waals surface area contributed by atoms with Crippen molar-refractivity contribution in [2.24, 2.45) is 23.2 Å². The van der Waals surface area contributed by atoms with Crippen LogP contribution in [0.4, 0.5) is 5.69 Å². The van der Waals surface area contributed by atoms with E-state index in [0.29, 0.717) is 39.1 Å². The minimum Gasteiger partial charge on any atom is -0.478 e. The van der Waals surface area contributed by atoms with Crippen LogP contribution >= 0.6 is 15.9 Å². The molecule has 0 radical (unpaired) electrons. The number of nitrogens with zero attached hydrogens (tertiary/aromatic N) is 2. The summed E-state index contributed by atoms with van der Waals surface area (Å²) in [6, 6.07) is 6.51. The fourth-order valence-corrected chi connectivity index (χ4v) is 5.41. The van der Waals surface area contributed by atoms with E-state index in [9.17, 15) is 9.59 Å². The topological polar surface area (TPSA) is 84.2 Å². The number of aromatic carboxylic acids is 1. The quantitative estimate of drug-likeness (QED) is 0.737. The van der Waals surface area contributed by atoms with Gasteiger partial charge in [-0.25, -0.2) is 4.79 Å². The SMILES string of the molecule is C[C@H]1[C@H](Nc2cnn(-c3cccc(C(=O)O)c3)c(=O)c2Br)C[C@H]2C[C@@H]1C2(C)C. The molecule has 1 heterocycles. The molecule has 2 N–H and O–H groups in total. The van der Waals surface area contributed by atoms with Crippen molar-refractivity contribution in [2.45, 2.75) is 39.7 Å². The summed E-state index contributed by atoms with van der Waals surface area (Å²) in [5, 5.41) is 17.0. The van der Waals surface area contributed by atoms with Crippen LogP contribution < -0.4 is 10.9 Å². The molecule has 28 heavy (non-hydrogen) atoms. The van der Waals surface area contributed by atoms with Crippen molar-refractivity contribution in [1.82, 2.24) is 9.78 Å². The second-order valence-corrected chi connectivity index (χ2v) is 9.44. The second kappa shape index (κ2) is 6.72. The largest absolute Gasteiger partial charge is 0.478 e. The van der Waals surface area contributed by atoms with Gasteiger partial charge in [0.05, 0.1) is 23.1 Å². The zero-order valence-electron chi connectivity index (χ0n) is 16.1. The van der Waals surface area contributed by atoms with Gasteiger partial charge in [0.2, 0.25) is 0 Å². The molecule has 3 aliphatic carbocycles. The van der Waals surface area contributed by atoms with Crippen molar-refractivity contribution < 1.29 is 9.90 Å². The van der Waals surface area contributed by atoms with Gasteiger partial charge in [-0.1, -0.05) is 26.8 Å². The molecule has 1 aromatic carbocycles. The van der Waals surface area contributed by atoms with Crippen LogP contribution in [0.25, 0.3) is 5.69 Å². The summed E-state index contributed by atoms with van der Waals surface area (Å²) in [4.78, 5) is 24.0. The van der Waals surface area contributed by atoms with E-state index >= 15 is 0 Å². The van der Waals surface area contributed by atoms with Crippen molar-refractivity contribution in [3.05, 3.63) is 50.9 Å². The van der Waals surface area contributed by atoms with Crippen molar-refractivity contribution >= 4 is 27.6 Å². The zero-order chi connectivity index (χ0) is 20.2. The highest BCUT2D eigenvalue weighted by Crippen LogP contribution is 2.61. The van der Waals surface area contributed by atoms with Crippen LogP contribution in [0.2, 0.25) is 0 Å². The van der Waals surface area contributed by atoms with Gasteiger partial charge in [0.15, 0.2) is 0 Å². The Morgan fingerprint density at radius 3 is 2.75 bits per heavy atom. The number of anilines is 1. The molecule has 3 aliphatic rings. The van der Waals surface area contributed by atoms with E-state index in [4.69, 9.17) is 5.11 Å². The minimum absolute atomic E-state index is 0.113. The van der Waals surface area contributed by atoms with Gasteiger partial charge in [0.1, 0.15) is 4.47 Å². The Kier molecular flexibility index (Phi) is 4.61. The zero-order valence-corrected chi connectivity index (χ0v) is 17.7. The first-order chi connectivity index (χ1) is 13.2. The third kappa shape index (κ3) is 2.96. The van der Waals surface area contributed by atoms with Crippen LogP contribution in [-0.4, -0.2) is 26.9 Å². The summed E-state index contributed by atoms with van der Waals surface area (Å²) < 4.78 is 1.63. The van der Waals surface area contributed by atoms with E-state index in [0.717, 1.165) is 12.3 Å². The number of fused-ring (bicyclic) bond motifs is 2. The lowest BCUT2D eigenvalue weighted by Gasteiger charge is -2.62. The Balaban J connectivity index is 1.60. The summed E-state index contributed by atoms with van der Waals surface area (Å²) >= 11 is 3.42. The Labute approximate surface area is 172 Å². The smallest absolute Gasteiger partial charge is 0.335 e. The van der Waals surface area contributed by atoms with Crippen LogP contribution in [0, 0.1) is 23.2 Å². The van der Waals surface area contributed by atoms with E-state index in [1.165, 1.54) is 23.2 Å². The van der Waals surface area contributed by atoms with Crippen LogP contribution in [0.3, 0.4) is 0 Å². The molecule has 148 valence electrons. The number of carbonyl (C=O) groups is 1. The molecule has 2 aromatic rings. The van der Waals surface area contributed by atoms with Crippen molar-refractivity contribution in [1.29, 1.82) is 0 Å². The lowest BCUT2D eigenvalue weighted by atomic mass is 9.45. The highest BCUT2D eigenvalue weighted by atomic mass is 79.9. The summed E-state index contributed by atoms with van der Waals surface area (Å²) in [5.74, 6) is 0.910. The van der Waals surface area contributed by atoms with Crippen LogP contribution in [0.1, 0.15) is 44.0 Å². The number of nitrogens with one attached hydrogen (secondary N) is 1. The van der Waals surface area contributed by atoms with E-state index in [1.54, 1.807) is 18.3 Å².